The molecule has 5 rings (SSSR count). The molecule has 0 unspecified atom stereocenters. The second kappa shape index (κ2) is 12.1. The van der Waals surface area contributed by atoms with Gasteiger partial charge in [-0.25, -0.2) is 0 Å². The lowest BCUT2D eigenvalue weighted by molar-refractivity contribution is -0.119. The van der Waals surface area contributed by atoms with E-state index in [4.69, 9.17) is 23.7 Å². The number of fused-ring (bicyclic) bond motifs is 1. The summed E-state index contributed by atoms with van der Waals surface area (Å²) >= 11 is 0. The van der Waals surface area contributed by atoms with Gasteiger partial charge in [-0.05, 0) is 71.8 Å². The van der Waals surface area contributed by atoms with Gasteiger partial charge in [0.25, 0.3) is 5.91 Å². The monoisotopic (exact) mass is 568 g/mol. The molecule has 4 aromatic rings. The number of amides is 2. The maximum Gasteiger partial charge on any atom is 0.254 e. The summed E-state index contributed by atoms with van der Waals surface area (Å²) in [6.45, 7) is 0. The van der Waals surface area contributed by atoms with Gasteiger partial charge in [0.1, 0.15) is 11.5 Å². The first-order valence-corrected chi connectivity index (χ1v) is 13.3. The Kier molecular flexibility index (Phi) is 8.19. The number of rotatable bonds is 9. The molecule has 2 atom stereocenters. The Bertz CT molecular complexity index is 1590. The molecule has 0 saturated carbocycles. The van der Waals surface area contributed by atoms with Crippen molar-refractivity contribution in [2.45, 2.75) is 12.0 Å². The fraction of sp³-hybridized carbons (Fsp3) is 0.212. The fourth-order valence-corrected chi connectivity index (χ4v) is 5.24. The molecule has 1 heterocycles. The molecule has 1 aliphatic rings. The van der Waals surface area contributed by atoms with Crippen LogP contribution < -0.4 is 29.0 Å². The highest BCUT2D eigenvalue weighted by molar-refractivity contribution is 6.05. The van der Waals surface area contributed by atoms with Gasteiger partial charge < -0.3 is 33.9 Å². The highest BCUT2D eigenvalue weighted by Crippen LogP contribution is 2.47. The van der Waals surface area contributed by atoms with Gasteiger partial charge in [-0.3, -0.25) is 9.59 Å². The molecule has 0 bridgehead atoms. The van der Waals surface area contributed by atoms with E-state index in [1.807, 2.05) is 36.4 Å². The third-order valence-corrected chi connectivity index (χ3v) is 7.31. The Morgan fingerprint density at radius 3 is 1.95 bits per heavy atom. The molecule has 0 spiro atoms. The van der Waals surface area contributed by atoms with Crippen LogP contribution in [-0.4, -0.2) is 52.2 Å². The van der Waals surface area contributed by atoms with Gasteiger partial charge in [0.05, 0.1) is 40.4 Å². The number of nitrogens with one attached hydrogen (secondary N) is 1. The molecule has 1 N–H and O–H groups in total. The zero-order chi connectivity index (χ0) is 29.8. The van der Waals surface area contributed by atoms with Gasteiger partial charge in [0.15, 0.2) is 23.0 Å². The number of ether oxygens (including phenoxy) is 5. The number of anilines is 1. The van der Waals surface area contributed by atoms with Gasteiger partial charge >= 0.3 is 0 Å². The number of para-hydroxylation sites is 1. The van der Waals surface area contributed by atoms with Gasteiger partial charge in [0.2, 0.25) is 5.91 Å². The normalized spacial score (nSPS) is 15.8. The van der Waals surface area contributed by atoms with Crippen molar-refractivity contribution in [3.05, 3.63) is 102 Å². The van der Waals surface area contributed by atoms with Crippen LogP contribution in [0.2, 0.25) is 0 Å². The van der Waals surface area contributed by atoms with Crippen molar-refractivity contribution in [1.82, 2.24) is 4.90 Å². The maximum absolute atomic E-state index is 14.2. The van der Waals surface area contributed by atoms with E-state index in [0.717, 1.165) is 0 Å². The first kappa shape index (κ1) is 28.4. The van der Waals surface area contributed by atoms with Crippen LogP contribution in [0.5, 0.6) is 34.5 Å². The SMILES string of the molecule is COc1ccc([C@@H]2[C@H](C(=O)Nc3ccc(Oc4ccccc4)cc3)c3cc(OC)c(OC)cc3C(=O)N2C)cc1OC. The van der Waals surface area contributed by atoms with E-state index < -0.39 is 12.0 Å². The average Bonchev–Trinajstić information content (AvgIpc) is 3.03. The van der Waals surface area contributed by atoms with Crippen molar-refractivity contribution >= 4 is 17.5 Å². The van der Waals surface area contributed by atoms with Gasteiger partial charge in [-0.15, -0.1) is 0 Å². The average molecular weight is 569 g/mol. The fourth-order valence-electron chi connectivity index (χ4n) is 5.24. The number of benzene rings is 4. The van der Waals surface area contributed by atoms with Gasteiger partial charge in [-0.1, -0.05) is 24.3 Å². The number of hydrogen-bond donors (Lipinski definition) is 1. The summed E-state index contributed by atoms with van der Waals surface area (Å²) in [5.74, 6) is 1.82. The molecule has 4 aromatic carbocycles. The van der Waals surface area contributed by atoms with E-state index in [-0.39, 0.29) is 11.8 Å². The number of carbonyl (C=O) groups excluding carboxylic acids is 2. The molecule has 0 fully saturated rings. The van der Waals surface area contributed by atoms with Crippen molar-refractivity contribution in [3.63, 3.8) is 0 Å². The molecule has 0 aromatic heterocycles. The minimum Gasteiger partial charge on any atom is -0.493 e. The smallest absolute Gasteiger partial charge is 0.254 e. The summed E-state index contributed by atoms with van der Waals surface area (Å²) in [6, 6.07) is 24.6. The summed E-state index contributed by atoms with van der Waals surface area (Å²) in [4.78, 5) is 29.4. The molecule has 216 valence electrons. The molecule has 9 nitrogen and oxygen atoms in total. The summed E-state index contributed by atoms with van der Waals surface area (Å²) in [6.07, 6.45) is 0. The zero-order valence-electron chi connectivity index (χ0n) is 24.0. The Balaban J connectivity index is 1.55. The molecule has 2 amide bonds. The van der Waals surface area contributed by atoms with Crippen molar-refractivity contribution in [2.75, 3.05) is 40.8 Å². The zero-order valence-corrected chi connectivity index (χ0v) is 24.0. The largest absolute Gasteiger partial charge is 0.493 e. The van der Waals surface area contributed by atoms with Crippen molar-refractivity contribution in [1.29, 1.82) is 0 Å². The van der Waals surface area contributed by atoms with E-state index in [1.54, 1.807) is 74.7 Å². The second-order valence-electron chi connectivity index (χ2n) is 9.68. The molecule has 42 heavy (non-hydrogen) atoms. The number of nitrogens with zero attached hydrogens (tertiary/aromatic N) is 1. The first-order chi connectivity index (χ1) is 20.4. The number of likely N-dealkylation sites (N-methyl/N-ethyl adjacent to an activating group) is 1. The van der Waals surface area contributed by atoms with E-state index in [1.165, 1.54) is 14.2 Å². The van der Waals surface area contributed by atoms with E-state index in [2.05, 4.69) is 5.32 Å². The third-order valence-electron chi connectivity index (χ3n) is 7.31. The van der Waals surface area contributed by atoms with Crippen LogP contribution >= 0.6 is 0 Å². The van der Waals surface area contributed by atoms with Crippen LogP contribution in [0.15, 0.2) is 84.9 Å². The van der Waals surface area contributed by atoms with Crippen LogP contribution in [0.4, 0.5) is 5.69 Å². The van der Waals surface area contributed by atoms with Crippen LogP contribution in [0.1, 0.15) is 33.4 Å². The van der Waals surface area contributed by atoms with E-state index in [9.17, 15) is 9.59 Å². The quantitative estimate of drug-likeness (QED) is 0.262. The predicted octanol–water partition coefficient (Wildman–Crippen LogP) is 6.06. The molecule has 9 heteroatoms. The van der Waals surface area contributed by atoms with Crippen molar-refractivity contribution in [2.24, 2.45) is 0 Å². The standard InChI is InChI=1S/C33H32N2O7/c1-35-31(20-11-16-26(38-2)27(17-20)39-3)30(24-18-28(40-4)29(41-5)19-25(24)33(35)37)32(36)34-21-12-14-23(15-13-21)42-22-9-7-6-8-10-22/h6-19,30-31H,1-5H3,(H,34,36)/t30-,31-/m1/s1. The Morgan fingerprint density at radius 1 is 0.714 bits per heavy atom. The molecular formula is C33H32N2O7. The third kappa shape index (κ3) is 5.41. The summed E-state index contributed by atoms with van der Waals surface area (Å²) in [7, 11) is 7.79. The molecule has 1 aliphatic heterocycles. The highest BCUT2D eigenvalue weighted by atomic mass is 16.5. The van der Waals surface area contributed by atoms with Crippen LogP contribution in [-0.2, 0) is 4.79 Å². The number of methoxy groups -OCH3 is 4. The van der Waals surface area contributed by atoms with Crippen LogP contribution in [0, 0.1) is 0 Å². The van der Waals surface area contributed by atoms with Crippen molar-refractivity contribution < 1.29 is 33.3 Å². The van der Waals surface area contributed by atoms with Crippen molar-refractivity contribution in [3.8, 4) is 34.5 Å². The van der Waals surface area contributed by atoms with E-state index in [0.29, 0.717) is 56.9 Å². The number of hydrogen-bond acceptors (Lipinski definition) is 7. The Hall–Kier alpha value is -5.18. The second-order valence-corrected chi connectivity index (χ2v) is 9.68. The highest BCUT2D eigenvalue weighted by Gasteiger charge is 2.44. The molecule has 0 radical (unpaired) electrons. The summed E-state index contributed by atoms with van der Waals surface area (Å²) < 4.78 is 27.8. The number of carbonyl (C=O) groups is 2. The minimum absolute atomic E-state index is 0.253. The topological polar surface area (TPSA) is 95.6 Å². The predicted molar refractivity (Wildman–Crippen MR) is 158 cm³/mol. The lowest BCUT2D eigenvalue weighted by Crippen LogP contribution is -2.44. The molecule has 0 saturated heterocycles. The lowest BCUT2D eigenvalue weighted by atomic mass is 9.79. The Morgan fingerprint density at radius 2 is 1.31 bits per heavy atom. The van der Waals surface area contributed by atoms with E-state index >= 15 is 0 Å². The van der Waals surface area contributed by atoms with Gasteiger partial charge in [0, 0.05) is 18.3 Å². The first-order valence-electron chi connectivity index (χ1n) is 13.3. The van der Waals surface area contributed by atoms with Crippen LogP contribution in [0.3, 0.4) is 0 Å². The summed E-state index contributed by atoms with van der Waals surface area (Å²) in [5, 5.41) is 3.04. The van der Waals surface area contributed by atoms with Gasteiger partial charge in [-0.2, -0.15) is 0 Å². The van der Waals surface area contributed by atoms with Crippen LogP contribution in [0.25, 0.3) is 0 Å². The maximum atomic E-state index is 14.2. The lowest BCUT2D eigenvalue weighted by Gasteiger charge is -2.40. The minimum atomic E-state index is -0.805. The molecule has 0 aliphatic carbocycles. The molecular weight excluding hydrogens is 536 g/mol. The summed E-state index contributed by atoms with van der Waals surface area (Å²) in [5.41, 5.74) is 2.17. The Labute approximate surface area is 244 Å².